The molecule has 0 amide bonds. The standard InChI is InChI=1S/C17H18ClNO4S/c1-22-16-8-11-6-7-15(14(11)10-17(16)23-2)19-24(20,21)13-5-3-4-12(18)9-13/h3-5,8-10,15,19H,6-7H2,1-2H3. The van der Waals surface area contributed by atoms with Crippen LogP contribution in [0.4, 0.5) is 0 Å². The minimum absolute atomic E-state index is 0.156. The highest BCUT2D eigenvalue weighted by molar-refractivity contribution is 7.89. The third-order valence-electron chi connectivity index (χ3n) is 4.13. The summed E-state index contributed by atoms with van der Waals surface area (Å²) in [6.45, 7) is 0. The van der Waals surface area contributed by atoms with Crippen molar-refractivity contribution in [2.24, 2.45) is 0 Å². The van der Waals surface area contributed by atoms with Crippen LogP contribution in [0.2, 0.25) is 5.02 Å². The van der Waals surface area contributed by atoms with Crippen molar-refractivity contribution in [1.29, 1.82) is 0 Å². The van der Waals surface area contributed by atoms with Gasteiger partial charge >= 0.3 is 0 Å². The van der Waals surface area contributed by atoms with Gasteiger partial charge in [0.15, 0.2) is 11.5 Å². The summed E-state index contributed by atoms with van der Waals surface area (Å²) in [6.07, 6.45) is 1.46. The summed E-state index contributed by atoms with van der Waals surface area (Å²) in [4.78, 5) is 0.156. The highest BCUT2D eigenvalue weighted by Crippen LogP contribution is 2.39. The SMILES string of the molecule is COc1cc2c(cc1OC)C(NS(=O)(=O)c1cccc(Cl)c1)CC2. The molecule has 1 unspecified atom stereocenters. The maximum absolute atomic E-state index is 12.6. The minimum Gasteiger partial charge on any atom is -0.493 e. The number of hydrogen-bond donors (Lipinski definition) is 1. The minimum atomic E-state index is -3.65. The van der Waals surface area contributed by atoms with Crippen molar-refractivity contribution >= 4 is 21.6 Å². The van der Waals surface area contributed by atoms with E-state index in [0.717, 1.165) is 17.5 Å². The topological polar surface area (TPSA) is 64.6 Å². The van der Waals surface area contributed by atoms with Crippen LogP contribution in [0, 0.1) is 0 Å². The molecule has 0 saturated carbocycles. The van der Waals surface area contributed by atoms with Crippen molar-refractivity contribution in [3.63, 3.8) is 0 Å². The number of hydrogen-bond acceptors (Lipinski definition) is 4. The lowest BCUT2D eigenvalue weighted by Gasteiger charge is -2.16. The summed E-state index contributed by atoms with van der Waals surface area (Å²) in [5, 5.41) is 0.385. The Kier molecular flexibility index (Phi) is 4.71. The van der Waals surface area contributed by atoms with E-state index in [1.807, 2.05) is 12.1 Å². The highest BCUT2D eigenvalue weighted by Gasteiger charge is 2.29. The largest absolute Gasteiger partial charge is 0.493 e. The molecule has 0 aliphatic heterocycles. The molecule has 7 heteroatoms. The van der Waals surface area contributed by atoms with E-state index in [1.54, 1.807) is 26.4 Å². The number of halogens is 1. The molecule has 0 heterocycles. The van der Waals surface area contributed by atoms with Crippen molar-refractivity contribution in [2.75, 3.05) is 14.2 Å². The van der Waals surface area contributed by atoms with Gasteiger partial charge in [-0.3, -0.25) is 0 Å². The molecule has 1 aliphatic rings. The lowest BCUT2D eigenvalue weighted by atomic mass is 10.1. The van der Waals surface area contributed by atoms with Gasteiger partial charge in [0.1, 0.15) is 0 Å². The normalized spacial score (nSPS) is 16.7. The Hall–Kier alpha value is -1.76. The average molecular weight is 368 g/mol. The molecule has 3 rings (SSSR count). The number of sulfonamides is 1. The summed E-state index contributed by atoms with van der Waals surface area (Å²) in [7, 11) is -0.509. The molecule has 0 fully saturated rings. The molecule has 0 saturated heterocycles. The quantitative estimate of drug-likeness (QED) is 0.880. The van der Waals surface area contributed by atoms with E-state index >= 15 is 0 Å². The summed E-state index contributed by atoms with van der Waals surface area (Å²) in [5.41, 5.74) is 1.98. The fourth-order valence-electron chi connectivity index (χ4n) is 2.94. The van der Waals surface area contributed by atoms with Crippen LogP contribution >= 0.6 is 11.6 Å². The zero-order valence-corrected chi connectivity index (χ0v) is 14.9. The summed E-state index contributed by atoms with van der Waals surface area (Å²) in [6, 6.07) is 9.67. The molecule has 1 aliphatic carbocycles. The van der Waals surface area contributed by atoms with Crippen LogP contribution < -0.4 is 14.2 Å². The fraction of sp³-hybridized carbons (Fsp3) is 0.294. The van der Waals surface area contributed by atoms with E-state index in [-0.39, 0.29) is 10.9 Å². The summed E-state index contributed by atoms with van der Waals surface area (Å²) < 4.78 is 38.6. The van der Waals surface area contributed by atoms with Gasteiger partial charge in [0.25, 0.3) is 0 Å². The first-order valence-electron chi connectivity index (χ1n) is 7.47. The Morgan fingerprint density at radius 3 is 2.50 bits per heavy atom. The van der Waals surface area contributed by atoms with E-state index in [4.69, 9.17) is 21.1 Å². The van der Waals surface area contributed by atoms with Crippen LogP contribution in [0.1, 0.15) is 23.6 Å². The molecule has 0 spiro atoms. The van der Waals surface area contributed by atoms with Crippen LogP contribution in [0.15, 0.2) is 41.3 Å². The summed E-state index contributed by atoms with van der Waals surface area (Å²) >= 11 is 5.90. The molecule has 0 radical (unpaired) electrons. The predicted octanol–water partition coefficient (Wildman–Crippen LogP) is 3.32. The van der Waals surface area contributed by atoms with Crippen LogP contribution in [-0.2, 0) is 16.4 Å². The number of methoxy groups -OCH3 is 2. The number of rotatable bonds is 5. The molecule has 0 bridgehead atoms. The number of aryl methyl sites for hydroxylation is 1. The first-order chi connectivity index (χ1) is 11.4. The molecule has 2 aromatic rings. The zero-order chi connectivity index (χ0) is 17.3. The molecule has 1 atom stereocenters. The van der Waals surface area contributed by atoms with Gasteiger partial charge in [-0.05, 0) is 54.3 Å². The number of ether oxygens (including phenoxy) is 2. The second-order valence-corrected chi connectivity index (χ2v) is 7.73. The molecule has 128 valence electrons. The van der Waals surface area contributed by atoms with Crippen molar-refractivity contribution < 1.29 is 17.9 Å². The molecule has 24 heavy (non-hydrogen) atoms. The van der Waals surface area contributed by atoms with E-state index < -0.39 is 10.0 Å². The van der Waals surface area contributed by atoms with Crippen molar-refractivity contribution in [2.45, 2.75) is 23.8 Å². The molecular formula is C17H18ClNO4S. The Balaban J connectivity index is 1.92. The van der Waals surface area contributed by atoms with Crippen molar-refractivity contribution in [3.8, 4) is 11.5 Å². The van der Waals surface area contributed by atoms with Gasteiger partial charge in [-0.25, -0.2) is 13.1 Å². The van der Waals surface area contributed by atoms with Gasteiger partial charge in [-0.1, -0.05) is 17.7 Å². The monoisotopic (exact) mass is 367 g/mol. The highest BCUT2D eigenvalue weighted by atomic mass is 35.5. The number of nitrogens with one attached hydrogen (secondary N) is 1. The summed E-state index contributed by atoms with van der Waals surface area (Å²) in [5.74, 6) is 1.24. The third-order valence-corrected chi connectivity index (χ3v) is 5.83. The van der Waals surface area contributed by atoms with Gasteiger partial charge in [0.2, 0.25) is 10.0 Å². The average Bonchev–Trinajstić information content (AvgIpc) is 2.94. The van der Waals surface area contributed by atoms with E-state index in [0.29, 0.717) is 22.9 Å². The molecule has 1 N–H and O–H groups in total. The molecule has 2 aromatic carbocycles. The van der Waals surface area contributed by atoms with E-state index in [9.17, 15) is 8.42 Å². The van der Waals surface area contributed by atoms with Crippen LogP contribution in [0.5, 0.6) is 11.5 Å². The maximum Gasteiger partial charge on any atom is 0.241 e. The van der Waals surface area contributed by atoms with Crippen molar-refractivity contribution in [1.82, 2.24) is 4.72 Å². The first kappa shape index (κ1) is 17.1. The second kappa shape index (κ2) is 6.63. The van der Waals surface area contributed by atoms with E-state index in [1.165, 1.54) is 12.1 Å². The number of fused-ring (bicyclic) bond motifs is 1. The Bertz CT molecular complexity index is 867. The number of benzene rings is 2. The smallest absolute Gasteiger partial charge is 0.241 e. The maximum atomic E-state index is 12.6. The lowest BCUT2D eigenvalue weighted by molar-refractivity contribution is 0.354. The first-order valence-corrected chi connectivity index (χ1v) is 9.33. The van der Waals surface area contributed by atoms with Gasteiger partial charge < -0.3 is 9.47 Å². The predicted molar refractivity (Wildman–Crippen MR) is 92.4 cm³/mol. The van der Waals surface area contributed by atoms with Gasteiger partial charge in [0, 0.05) is 11.1 Å². The Labute approximate surface area is 146 Å². The van der Waals surface area contributed by atoms with Crippen LogP contribution in [-0.4, -0.2) is 22.6 Å². The third kappa shape index (κ3) is 3.22. The zero-order valence-electron chi connectivity index (χ0n) is 13.4. The van der Waals surface area contributed by atoms with Crippen molar-refractivity contribution in [3.05, 3.63) is 52.5 Å². The molecular weight excluding hydrogens is 350 g/mol. The van der Waals surface area contributed by atoms with Crippen LogP contribution in [0.25, 0.3) is 0 Å². The molecule has 5 nitrogen and oxygen atoms in total. The van der Waals surface area contributed by atoms with Gasteiger partial charge in [-0.2, -0.15) is 0 Å². The molecule has 0 aromatic heterocycles. The Morgan fingerprint density at radius 2 is 1.83 bits per heavy atom. The van der Waals surface area contributed by atoms with Gasteiger partial charge in [0.05, 0.1) is 19.1 Å². The second-order valence-electron chi connectivity index (χ2n) is 5.58. The van der Waals surface area contributed by atoms with Crippen LogP contribution in [0.3, 0.4) is 0 Å². The van der Waals surface area contributed by atoms with Gasteiger partial charge in [-0.15, -0.1) is 0 Å². The van der Waals surface area contributed by atoms with E-state index in [2.05, 4.69) is 4.72 Å². The lowest BCUT2D eigenvalue weighted by Crippen LogP contribution is -2.27. The fourth-order valence-corrected chi connectivity index (χ4v) is 4.50. The Morgan fingerprint density at radius 1 is 1.12 bits per heavy atom.